The molecule has 0 bridgehead atoms. The van der Waals surface area contributed by atoms with Crippen molar-refractivity contribution in [3.8, 4) is 0 Å². The van der Waals surface area contributed by atoms with Gasteiger partial charge in [-0.1, -0.05) is 57.2 Å². The van der Waals surface area contributed by atoms with Gasteiger partial charge in [-0.05, 0) is 37.6 Å². The molecule has 32 heavy (non-hydrogen) atoms. The fourth-order valence-electron chi connectivity index (χ4n) is 4.26. The van der Waals surface area contributed by atoms with Crippen LogP contribution in [0.1, 0.15) is 71.2 Å². The Bertz CT molecular complexity index is 1090. The Kier molecular flexibility index (Phi) is 6.16. The first kappa shape index (κ1) is 23.8. The zero-order valence-electron chi connectivity index (χ0n) is 20.0. The van der Waals surface area contributed by atoms with Gasteiger partial charge >= 0.3 is 0 Å². The molecule has 1 heterocycles. The number of carbonyl (C=O) groups is 4. The lowest BCUT2D eigenvalue weighted by Gasteiger charge is -2.46. The quantitative estimate of drug-likeness (QED) is 0.489. The molecule has 0 aromatic heterocycles. The predicted molar refractivity (Wildman–Crippen MR) is 125 cm³/mol. The maximum atomic E-state index is 13.7. The van der Waals surface area contributed by atoms with Gasteiger partial charge in [0, 0.05) is 42.3 Å². The first-order valence-corrected chi connectivity index (χ1v) is 11.2. The Labute approximate surface area is 190 Å². The van der Waals surface area contributed by atoms with Gasteiger partial charge in [-0.15, -0.1) is 0 Å². The molecule has 170 valence electrons. The van der Waals surface area contributed by atoms with E-state index < -0.39 is 22.3 Å². The Balaban J connectivity index is 2.05. The molecule has 0 aliphatic carbocycles. The molecule has 0 spiro atoms. The average molecular weight is 436 g/mol. The zero-order chi connectivity index (χ0) is 23.9. The number of Topliss-reactive ketones (excluding diaryl/α,β-unsaturated/α-hetero) is 3. The molecule has 1 fully saturated rings. The van der Waals surface area contributed by atoms with Crippen LogP contribution in [0.25, 0.3) is 10.8 Å². The van der Waals surface area contributed by atoms with E-state index in [1.165, 1.54) is 0 Å². The number of hydrogen-bond donors (Lipinski definition) is 0. The van der Waals surface area contributed by atoms with Gasteiger partial charge in [0.15, 0.2) is 11.6 Å². The Morgan fingerprint density at radius 3 is 2.12 bits per heavy atom. The van der Waals surface area contributed by atoms with Gasteiger partial charge in [0.1, 0.15) is 11.2 Å². The van der Waals surface area contributed by atoms with Crippen molar-refractivity contribution in [3.05, 3.63) is 48.0 Å². The van der Waals surface area contributed by atoms with Crippen LogP contribution in [0.2, 0.25) is 0 Å². The van der Waals surface area contributed by atoms with Crippen molar-refractivity contribution in [3.63, 3.8) is 0 Å². The third-order valence-corrected chi connectivity index (χ3v) is 6.39. The average Bonchev–Trinajstić information content (AvgIpc) is 2.69. The second kappa shape index (κ2) is 8.27. The lowest BCUT2D eigenvalue weighted by molar-refractivity contribution is -0.162. The molecule has 5 nitrogen and oxygen atoms in total. The summed E-state index contributed by atoms with van der Waals surface area (Å²) in [6.07, 6.45) is -0.400. The number of rotatable bonds is 5. The van der Waals surface area contributed by atoms with Gasteiger partial charge in [0.2, 0.25) is 5.91 Å². The summed E-state index contributed by atoms with van der Waals surface area (Å²) in [5.74, 6) is -1.21. The van der Waals surface area contributed by atoms with E-state index in [9.17, 15) is 19.2 Å². The summed E-state index contributed by atoms with van der Waals surface area (Å²) in [5.41, 5.74) is -2.44. The minimum Gasteiger partial charge on any atom is -0.337 e. The predicted octanol–water partition coefficient (Wildman–Crippen LogP) is 5.00. The second-order valence-electron chi connectivity index (χ2n) is 10.9. The van der Waals surface area contributed by atoms with Crippen LogP contribution in [0.3, 0.4) is 0 Å². The van der Waals surface area contributed by atoms with Crippen molar-refractivity contribution in [1.82, 2.24) is 4.90 Å². The minimum atomic E-state index is -1.65. The van der Waals surface area contributed by atoms with Crippen LogP contribution < -0.4 is 0 Å². The van der Waals surface area contributed by atoms with E-state index in [1.54, 1.807) is 37.8 Å². The van der Waals surface area contributed by atoms with E-state index >= 15 is 0 Å². The van der Waals surface area contributed by atoms with Gasteiger partial charge in [0.25, 0.3) is 0 Å². The molecule has 2 aromatic rings. The number of likely N-dealkylation sites (tertiary alicyclic amines) is 1. The molecule has 0 radical (unpaired) electrons. The molecular formula is C27H33NO4. The van der Waals surface area contributed by atoms with Crippen LogP contribution in [0, 0.1) is 10.8 Å². The number of nitrogens with zero attached hydrogens (tertiary/aromatic N) is 1. The minimum absolute atomic E-state index is 0.144. The molecule has 1 aliphatic heterocycles. The highest BCUT2D eigenvalue weighted by Crippen LogP contribution is 2.41. The molecule has 5 heteroatoms. The fourth-order valence-corrected chi connectivity index (χ4v) is 4.26. The van der Waals surface area contributed by atoms with Crippen molar-refractivity contribution in [1.29, 1.82) is 0 Å². The van der Waals surface area contributed by atoms with Gasteiger partial charge < -0.3 is 4.90 Å². The molecule has 3 rings (SSSR count). The second-order valence-corrected chi connectivity index (χ2v) is 10.9. The Hall–Kier alpha value is -2.82. The smallest absolute Gasteiger partial charge is 0.237 e. The number of ketones is 3. The maximum Gasteiger partial charge on any atom is 0.237 e. The molecule has 1 atom stereocenters. The van der Waals surface area contributed by atoms with E-state index in [1.807, 2.05) is 51.1 Å². The number of carbonyl (C=O) groups excluding carboxylic acids is 4. The maximum absolute atomic E-state index is 13.7. The van der Waals surface area contributed by atoms with Crippen LogP contribution in [0.5, 0.6) is 0 Å². The van der Waals surface area contributed by atoms with Gasteiger partial charge in [-0.3, -0.25) is 19.2 Å². The van der Waals surface area contributed by atoms with E-state index in [4.69, 9.17) is 0 Å². The highest BCUT2D eigenvalue weighted by atomic mass is 16.2. The van der Waals surface area contributed by atoms with E-state index in [2.05, 4.69) is 0 Å². The summed E-state index contributed by atoms with van der Waals surface area (Å²) in [6, 6.07) is 13.1. The first-order chi connectivity index (χ1) is 14.8. The molecule has 0 saturated carbocycles. The summed E-state index contributed by atoms with van der Waals surface area (Å²) < 4.78 is 0. The van der Waals surface area contributed by atoms with Crippen LogP contribution in [0.4, 0.5) is 0 Å². The van der Waals surface area contributed by atoms with Crippen LogP contribution in [-0.4, -0.2) is 40.2 Å². The fraction of sp³-hybridized carbons (Fsp3) is 0.481. The first-order valence-electron chi connectivity index (χ1n) is 11.2. The molecule has 1 amide bonds. The molecule has 1 unspecified atom stereocenters. The van der Waals surface area contributed by atoms with Crippen molar-refractivity contribution in [2.45, 2.75) is 66.3 Å². The monoisotopic (exact) mass is 435 g/mol. The number of amides is 1. The van der Waals surface area contributed by atoms with E-state index in [0.29, 0.717) is 12.1 Å². The van der Waals surface area contributed by atoms with Crippen molar-refractivity contribution >= 4 is 34.0 Å². The summed E-state index contributed by atoms with van der Waals surface area (Å²) in [7, 11) is 0. The standard InChI is InChI=1S/C27H33NO4/c1-25(2,3)23(31)17-27(22(30)13-14-28(24(27)32)26(4,5)6)16-21(29)20-12-11-18-9-7-8-10-19(18)15-20/h7-12,15H,13-14,16-17H2,1-6H3. The molecular weight excluding hydrogens is 402 g/mol. The molecule has 1 aliphatic rings. The lowest BCUT2D eigenvalue weighted by atomic mass is 9.67. The van der Waals surface area contributed by atoms with Crippen LogP contribution >= 0.6 is 0 Å². The summed E-state index contributed by atoms with van der Waals surface area (Å²) in [6.45, 7) is 11.3. The van der Waals surface area contributed by atoms with Gasteiger partial charge in [-0.25, -0.2) is 0 Å². The van der Waals surface area contributed by atoms with Crippen molar-refractivity contribution in [2.75, 3.05) is 6.54 Å². The van der Waals surface area contributed by atoms with Gasteiger partial charge in [0.05, 0.1) is 0 Å². The van der Waals surface area contributed by atoms with Crippen LogP contribution in [0.15, 0.2) is 42.5 Å². The van der Waals surface area contributed by atoms with E-state index in [0.717, 1.165) is 10.8 Å². The SMILES string of the molecule is CC(C)(C)C(=O)CC1(CC(=O)c2ccc3ccccc3c2)C(=O)CCN(C(C)(C)C)C1=O. The number of hydrogen-bond acceptors (Lipinski definition) is 4. The third kappa shape index (κ3) is 4.52. The van der Waals surface area contributed by atoms with Crippen LogP contribution in [-0.2, 0) is 14.4 Å². The van der Waals surface area contributed by atoms with Crippen molar-refractivity contribution in [2.24, 2.45) is 10.8 Å². The zero-order valence-corrected chi connectivity index (χ0v) is 20.0. The third-order valence-electron chi connectivity index (χ3n) is 6.39. The summed E-state index contributed by atoms with van der Waals surface area (Å²) in [4.78, 5) is 55.1. The Morgan fingerprint density at radius 1 is 0.906 bits per heavy atom. The molecule has 0 N–H and O–H groups in total. The summed E-state index contributed by atoms with van der Waals surface area (Å²) in [5, 5.41) is 1.92. The van der Waals surface area contributed by atoms with Crippen molar-refractivity contribution < 1.29 is 19.2 Å². The lowest BCUT2D eigenvalue weighted by Crippen LogP contribution is -2.61. The number of fused-ring (bicyclic) bond motifs is 1. The van der Waals surface area contributed by atoms with Gasteiger partial charge in [-0.2, -0.15) is 0 Å². The normalized spacial score (nSPS) is 20.0. The van der Waals surface area contributed by atoms with E-state index in [-0.39, 0.29) is 36.6 Å². The Morgan fingerprint density at radius 2 is 1.53 bits per heavy atom. The largest absolute Gasteiger partial charge is 0.337 e. The number of piperidine rings is 1. The summed E-state index contributed by atoms with van der Waals surface area (Å²) >= 11 is 0. The molecule has 2 aromatic carbocycles. The number of benzene rings is 2. The highest BCUT2D eigenvalue weighted by Gasteiger charge is 2.55. The highest BCUT2D eigenvalue weighted by molar-refractivity contribution is 6.15. The topological polar surface area (TPSA) is 71.5 Å². The molecule has 1 saturated heterocycles.